The van der Waals surface area contributed by atoms with Crippen LogP contribution in [-0.4, -0.2) is 47.1 Å². The topological polar surface area (TPSA) is 61.9 Å². The molecule has 0 aromatic heterocycles. The van der Waals surface area contributed by atoms with Crippen molar-refractivity contribution in [2.45, 2.75) is 44.5 Å². The number of nitrogens with zero attached hydrogens (tertiary/aromatic N) is 2. The van der Waals surface area contributed by atoms with E-state index in [2.05, 4.69) is 5.32 Å². The van der Waals surface area contributed by atoms with Crippen LogP contribution in [0.5, 0.6) is 0 Å². The maximum absolute atomic E-state index is 12.6. The first kappa shape index (κ1) is 21.8. The SMILES string of the molecule is CC1C(c2ccccc2)OC(=O)N1C1CCN(C(=O)NCc2ccc(Cl)cc2Cl)CC1. The fraction of sp³-hybridized carbons (Fsp3) is 0.391. The first-order chi connectivity index (χ1) is 14.9. The molecule has 8 heteroatoms. The molecule has 2 aliphatic rings. The number of cyclic esters (lactones) is 1. The van der Waals surface area contributed by atoms with Gasteiger partial charge in [-0.15, -0.1) is 0 Å². The van der Waals surface area contributed by atoms with Crippen LogP contribution in [0.1, 0.15) is 37.0 Å². The Morgan fingerprint density at radius 1 is 1.13 bits per heavy atom. The highest BCUT2D eigenvalue weighted by molar-refractivity contribution is 6.35. The van der Waals surface area contributed by atoms with Crippen molar-refractivity contribution in [3.63, 3.8) is 0 Å². The van der Waals surface area contributed by atoms with Crippen molar-refractivity contribution in [3.05, 3.63) is 69.7 Å². The molecule has 2 heterocycles. The van der Waals surface area contributed by atoms with Gasteiger partial charge in [-0.3, -0.25) is 4.90 Å². The Bertz CT molecular complexity index is 948. The molecule has 2 unspecified atom stereocenters. The smallest absolute Gasteiger partial charge is 0.411 e. The standard InChI is InChI=1S/C23H25Cl2N3O3/c1-15-21(16-5-3-2-4-6-16)31-23(30)28(15)19-9-11-27(12-10-19)22(29)26-14-17-7-8-18(24)13-20(17)25/h2-8,13,15,19,21H,9-12,14H2,1H3,(H,26,29). The molecule has 0 aliphatic carbocycles. The molecular formula is C23H25Cl2N3O3. The molecule has 2 aromatic rings. The Labute approximate surface area is 192 Å². The molecule has 2 aromatic carbocycles. The van der Waals surface area contributed by atoms with Crippen LogP contribution in [-0.2, 0) is 11.3 Å². The van der Waals surface area contributed by atoms with Gasteiger partial charge in [-0.25, -0.2) is 9.59 Å². The number of benzene rings is 2. The van der Waals surface area contributed by atoms with E-state index in [-0.39, 0.29) is 30.3 Å². The maximum Gasteiger partial charge on any atom is 0.411 e. The number of rotatable bonds is 4. The van der Waals surface area contributed by atoms with Crippen molar-refractivity contribution in [2.24, 2.45) is 0 Å². The second kappa shape index (κ2) is 9.37. The molecule has 3 amide bonds. The average Bonchev–Trinajstić information content (AvgIpc) is 3.07. The number of likely N-dealkylation sites (tertiary alicyclic amines) is 1. The normalized spacial score (nSPS) is 21.8. The number of piperidine rings is 1. The fourth-order valence-corrected chi connectivity index (χ4v) is 4.82. The van der Waals surface area contributed by atoms with Crippen LogP contribution in [0.2, 0.25) is 10.0 Å². The monoisotopic (exact) mass is 461 g/mol. The third-order valence-corrected chi connectivity index (χ3v) is 6.62. The Morgan fingerprint density at radius 3 is 2.52 bits per heavy atom. The first-order valence-corrected chi connectivity index (χ1v) is 11.2. The largest absolute Gasteiger partial charge is 0.439 e. The summed E-state index contributed by atoms with van der Waals surface area (Å²) in [6, 6.07) is 14.9. The Balaban J connectivity index is 1.31. The van der Waals surface area contributed by atoms with Crippen LogP contribution in [0, 0.1) is 0 Å². The second-order valence-corrected chi connectivity index (χ2v) is 8.82. The van der Waals surface area contributed by atoms with Gasteiger partial charge in [0, 0.05) is 35.7 Å². The van der Waals surface area contributed by atoms with Crippen LogP contribution in [0.4, 0.5) is 9.59 Å². The summed E-state index contributed by atoms with van der Waals surface area (Å²) < 4.78 is 5.68. The minimum atomic E-state index is -0.276. The number of carbonyl (C=O) groups excluding carboxylic acids is 2. The second-order valence-electron chi connectivity index (χ2n) is 7.98. The Kier molecular flexibility index (Phi) is 6.58. The minimum Gasteiger partial charge on any atom is -0.439 e. The number of halogens is 2. The Morgan fingerprint density at radius 2 is 1.84 bits per heavy atom. The molecular weight excluding hydrogens is 437 g/mol. The van der Waals surface area contributed by atoms with E-state index in [1.54, 1.807) is 23.1 Å². The van der Waals surface area contributed by atoms with Crippen molar-refractivity contribution < 1.29 is 14.3 Å². The summed E-state index contributed by atoms with van der Waals surface area (Å²) in [5.74, 6) is 0. The lowest BCUT2D eigenvalue weighted by Gasteiger charge is -2.37. The zero-order valence-electron chi connectivity index (χ0n) is 17.3. The molecule has 0 radical (unpaired) electrons. The van der Waals surface area contributed by atoms with E-state index in [0.29, 0.717) is 29.7 Å². The lowest BCUT2D eigenvalue weighted by Crippen LogP contribution is -2.51. The van der Waals surface area contributed by atoms with E-state index in [1.165, 1.54) is 0 Å². The van der Waals surface area contributed by atoms with Gasteiger partial charge in [0.2, 0.25) is 0 Å². The summed E-state index contributed by atoms with van der Waals surface area (Å²) in [7, 11) is 0. The highest BCUT2D eigenvalue weighted by atomic mass is 35.5. The summed E-state index contributed by atoms with van der Waals surface area (Å²) in [6.07, 6.45) is 0.896. The zero-order chi connectivity index (χ0) is 22.0. The molecule has 2 fully saturated rings. The van der Waals surface area contributed by atoms with E-state index in [0.717, 1.165) is 24.0 Å². The molecule has 0 bridgehead atoms. The van der Waals surface area contributed by atoms with Gasteiger partial charge in [-0.1, -0.05) is 59.6 Å². The number of nitrogens with one attached hydrogen (secondary N) is 1. The summed E-state index contributed by atoms with van der Waals surface area (Å²) in [5.41, 5.74) is 1.82. The lowest BCUT2D eigenvalue weighted by molar-refractivity contribution is 0.113. The highest BCUT2D eigenvalue weighted by Gasteiger charge is 2.44. The average molecular weight is 462 g/mol. The molecule has 4 rings (SSSR count). The van der Waals surface area contributed by atoms with E-state index in [9.17, 15) is 9.59 Å². The van der Waals surface area contributed by atoms with Crippen LogP contribution in [0.3, 0.4) is 0 Å². The van der Waals surface area contributed by atoms with Gasteiger partial charge in [-0.05, 0) is 43.0 Å². The third kappa shape index (κ3) is 4.75. The molecule has 2 aliphatic heterocycles. The van der Waals surface area contributed by atoms with Gasteiger partial charge in [0.05, 0.1) is 6.04 Å². The summed E-state index contributed by atoms with van der Waals surface area (Å²) >= 11 is 12.1. The summed E-state index contributed by atoms with van der Waals surface area (Å²) in [5, 5.41) is 4.00. The van der Waals surface area contributed by atoms with Crippen molar-refractivity contribution in [2.75, 3.05) is 13.1 Å². The van der Waals surface area contributed by atoms with Crippen molar-refractivity contribution in [3.8, 4) is 0 Å². The number of hydrogen-bond donors (Lipinski definition) is 1. The molecule has 0 saturated carbocycles. The third-order valence-electron chi connectivity index (χ3n) is 6.03. The molecule has 2 atom stereocenters. The molecule has 31 heavy (non-hydrogen) atoms. The van der Waals surface area contributed by atoms with Gasteiger partial charge in [-0.2, -0.15) is 0 Å². The number of hydrogen-bond acceptors (Lipinski definition) is 3. The molecule has 6 nitrogen and oxygen atoms in total. The van der Waals surface area contributed by atoms with Crippen LogP contribution in [0.25, 0.3) is 0 Å². The maximum atomic E-state index is 12.6. The summed E-state index contributed by atoms with van der Waals surface area (Å²) in [4.78, 5) is 28.8. The predicted octanol–water partition coefficient (Wildman–Crippen LogP) is 5.25. The van der Waals surface area contributed by atoms with Gasteiger partial charge < -0.3 is 15.0 Å². The van der Waals surface area contributed by atoms with Gasteiger partial charge in [0.1, 0.15) is 6.10 Å². The summed E-state index contributed by atoms with van der Waals surface area (Å²) in [6.45, 7) is 3.52. The van der Waals surface area contributed by atoms with E-state index >= 15 is 0 Å². The van der Waals surface area contributed by atoms with Gasteiger partial charge >= 0.3 is 12.1 Å². The number of carbonyl (C=O) groups is 2. The first-order valence-electron chi connectivity index (χ1n) is 10.4. The van der Waals surface area contributed by atoms with E-state index < -0.39 is 0 Å². The van der Waals surface area contributed by atoms with Crippen molar-refractivity contribution in [1.29, 1.82) is 0 Å². The van der Waals surface area contributed by atoms with E-state index in [4.69, 9.17) is 27.9 Å². The van der Waals surface area contributed by atoms with Gasteiger partial charge in [0.25, 0.3) is 0 Å². The molecule has 2 saturated heterocycles. The lowest BCUT2D eigenvalue weighted by atomic mass is 9.98. The van der Waals surface area contributed by atoms with Crippen LogP contribution < -0.4 is 5.32 Å². The molecule has 164 valence electrons. The van der Waals surface area contributed by atoms with Crippen molar-refractivity contribution in [1.82, 2.24) is 15.1 Å². The van der Waals surface area contributed by atoms with Crippen molar-refractivity contribution >= 4 is 35.3 Å². The van der Waals surface area contributed by atoms with E-state index in [1.807, 2.05) is 42.2 Å². The van der Waals surface area contributed by atoms with Gasteiger partial charge in [0.15, 0.2) is 0 Å². The zero-order valence-corrected chi connectivity index (χ0v) is 18.8. The fourth-order valence-electron chi connectivity index (χ4n) is 4.35. The Hall–Kier alpha value is -2.44. The predicted molar refractivity (Wildman–Crippen MR) is 120 cm³/mol. The number of ether oxygens (including phenoxy) is 1. The van der Waals surface area contributed by atoms with Crippen LogP contribution >= 0.6 is 23.2 Å². The van der Waals surface area contributed by atoms with Crippen LogP contribution in [0.15, 0.2) is 48.5 Å². The minimum absolute atomic E-state index is 0.0488. The molecule has 0 spiro atoms. The number of urea groups is 1. The highest BCUT2D eigenvalue weighted by Crippen LogP contribution is 2.35. The quantitative estimate of drug-likeness (QED) is 0.675. The molecule has 1 N–H and O–H groups in total. The number of amides is 3.